The van der Waals surface area contributed by atoms with Crippen LogP contribution in [-0.2, 0) is 4.79 Å². The maximum atomic E-state index is 11.4. The van der Waals surface area contributed by atoms with Gasteiger partial charge in [-0.3, -0.25) is 4.79 Å². The molecule has 110 valence electrons. The van der Waals surface area contributed by atoms with Crippen molar-refractivity contribution in [3.05, 3.63) is 34.9 Å². The average Bonchev–Trinajstić information content (AvgIpc) is 2.85. The lowest BCUT2D eigenvalue weighted by Crippen LogP contribution is -2.24. The molecule has 0 aliphatic heterocycles. The van der Waals surface area contributed by atoms with Gasteiger partial charge in [-0.1, -0.05) is 37.1 Å². The Hall–Kier alpha value is -1.35. The first-order chi connectivity index (χ1) is 9.43. The SMILES string of the molecule is CCC1CC(C(=O)O)C(C(O)c2cc(C)ccc2C)C1. The largest absolute Gasteiger partial charge is 0.481 e. The van der Waals surface area contributed by atoms with Crippen LogP contribution in [0, 0.1) is 31.6 Å². The van der Waals surface area contributed by atoms with Crippen molar-refractivity contribution >= 4 is 5.97 Å². The first kappa shape index (κ1) is 15.0. The molecule has 1 saturated carbocycles. The highest BCUT2D eigenvalue weighted by atomic mass is 16.4. The Kier molecular flexibility index (Phi) is 4.48. The van der Waals surface area contributed by atoms with Gasteiger partial charge in [-0.25, -0.2) is 0 Å². The van der Waals surface area contributed by atoms with E-state index in [1.54, 1.807) is 0 Å². The third kappa shape index (κ3) is 2.88. The second-order valence-corrected chi connectivity index (χ2v) is 6.16. The lowest BCUT2D eigenvalue weighted by molar-refractivity contribution is -0.144. The van der Waals surface area contributed by atoms with E-state index in [1.807, 2.05) is 32.0 Å². The number of carboxylic acids is 1. The molecule has 0 aromatic heterocycles. The topological polar surface area (TPSA) is 57.5 Å². The molecule has 0 bridgehead atoms. The summed E-state index contributed by atoms with van der Waals surface area (Å²) in [6.45, 7) is 6.06. The van der Waals surface area contributed by atoms with Gasteiger partial charge in [0.05, 0.1) is 12.0 Å². The molecule has 2 rings (SSSR count). The van der Waals surface area contributed by atoms with Gasteiger partial charge in [0.1, 0.15) is 0 Å². The average molecular weight is 276 g/mol. The van der Waals surface area contributed by atoms with Crippen LogP contribution in [0.3, 0.4) is 0 Å². The van der Waals surface area contributed by atoms with Crippen LogP contribution in [0.4, 0.5) is 0 Å². The predicted molar refractivity (Wildman–Crippen MR) is 78.5 cm³/mol. The molecule has 0 spiro atoms. The summed E-state index contributed by atoms with van der Waals surface area (Å²) in [5, 5.41) is 20.1. The van der Waals surface area contributed by atoms with E-state index in [0.717, 1.165) is 29.5 Å². The molecule has 2 N–H and O–H groups in total. The highest BCUT2D eigenvalue weighted by Gasteiger charge is 2.42. The molecule has 0 radical (unpaired) electrons. The zero-order chi connectivity index (χ0) is 14.9. The van der Waals surface area contributed by atoms with Crippen molar-refractivity contribution in [1.29, 1.82) is 0 Å². The number of hydrogen-bond donors (Lipinski definition) is 2. The molecular formula is C17H24O3. The van der Waals surface area contributed by atoms with Crippen molar-refractivity contribution in [2.24, 2.45) is 17.8 Å². The zero-order valence-corrected chi connectivity index (χ0v) is 12.5. The third-order valence-corrected chi connectivity index (χ3v) is 4.76. The van der Waals surface area contributed by atoms with Gasteiger partial charge in [-0.2, -0.15) is 0 Å². The Labute approximate surface area is 120 Å². The Bertz CT molecular complexity index is 495. The van der Waals surface area contributed by atoms with E-state index in [9.17, 15) is 15.0 Å². The summed E-state index contributed by atoms with van der Waals surface area (Å²) in [6.07, 6.45) is 1.81. The molecule has 1 aliphatic carbocycles. The Morgan fingerprint density at radius 1 is 1.35 bits per heavy atom. The number of benzene rings is 1. The highest BCUT2D eigenvalue weighted by molar-refractivity contribution is 5.71. The predicted octanol–water partition coefficient (Wildman–Crippen LogP) is 3.47. The van der Waals surface area contributed by atoms with E-state index in [2.05, 4.69) is 6.92 Å². The third-order valence-electron chi connectivity index (χ3n) is 4.76. The van der Waals surface area contributed by atoms with Gasteiger partial charge >= 0.3 is 5.97 Å². The van der Waals surface area contributed by atoms with Crippen molar-refractivity contribution in [3.8, 4) is 0 Å². The summed E-state index contributed by atoms with van der Waals surface area (Å²) in [5.74, 6) is -0.941. The monoisotopic (exact) mass is 276 g/mol. The summed E-state index contributed by atoms with van der Waals surface area (Å²) in [4.78, 5) is 11.4. The number of hydrogen-bond acceptors (Lipinski definition) is 2. The van der Waals surface area contributed by atoms with Crippen LogP contribution in [0.5, 0.6) is 0 Å². The first-order valence-electron chi connectivity index (χ1n) is 7.42. The quantitative estimate of drug-likeness (QED) is 0.885. The molecule has 4 atom stereocenters. The molecule has 1 aromatic rings. The number of rotatable bonds is 4. The lowest BCUT2D eigenvalue weighted by atomic mass is 9.85. The number of aliphatic carboxylic acids is 1. The van der Waals surface area contributed by atoms with E-state index in [0.29, 0.717) is 12.3 Å². The van der Waals surface area contributed by atoms with E-state index >= 15 is 0 Å². The highest BCUT2D eigenvalue weighted by Crippen LogP contribution is 2.45. The fourth-order valence-corrected chi connectivity index (χ4v) is 3.45. The van der Waals surface area contributed by atoms with E-state index < -0.39 is 18.0 Å². The minimum Gasteiger partial charge on any atom is -0.481 e. The summed E-state index contributed by atoms with van der Waals surface area (Å²) in [7, 11) is 0. The maximum Gasteiger partial charge on any atom is 0.306 e. The molecule has 20 heavy (non-hydrogen) atoms. The Morgan fingerprint density at radius 3 is 2.65 bits per heavy atom. The van der Waals surface area contributed by atoms with Crippen LogP contribution in [0.25, 0.3) is 0 Å². The molecule has 4 unspecified atom stereocenters. The molecule has 0 saturated heterocycles. The summed E-state index contributed by atoms with van der Waals surface area (Å²) in [6, 6.07) is 6.00. The van der Waals surface area contributed by atoms with Gasteiger partial charge in [-0.15, -0.1) is 0 Å². The van der Waals surface area contributed by atoms with Gasteiger partial charge in [0.25, 0.3) is 0 Å². The Morgan fingerprint density at radius 2 is 2.05 bits per heavy atom. The van der Waals surface area contributed by atoms with E-state index in [-0.39, 0.29) is 5.92 Å². The maximum absolute atomic E-state index is 11.4. The number of aryl methyl sites for hydroxylation is 2. The molecule has 1 fully saturated rings. The zero-order valence-electron chi connectivity index (χ0n) is 12.5. The van der Waals surface area contributed by atoms with E-state index in [1.165, 1.54) is 0 Å². The van der Waals surface area contributed by atoms with Crippen molar-refractivity contribution in [2.45, 2.75) is 46.1 Å². The van der Waals surface area contributed by atoms with Gasteiger partial charge < -0.3 is 10.2 Å². The van der Waals surface area contributed by atoms with Crippen LogP contribution in [-0.4, -0.2) is 16.2 Å². The summed E-state index contributed by atoms with van der Waals surface area (Å²) in [5.41, 5.74) is 3.02. The second kappa shape index (κ2) is 5.96. The molecule has 1 aromatic carbocycles. The summed E-state index contributed by atoms with van der Waals surface area (Å²) >= 11 is 0. The fourth-order valence-electron chi connectivity index (χ4n) is 3.45. The minimum absolute atomic E-state index is 0.169. The van der Waals surface area contributed by atoms with Gasteiger partial charge in [0.15, 0.2) is 0 Å². The van der Waals surface area contributed by atoms with Crippen LogP contribution in [0.15, 0.2) is 18.2 Å². The molecule has 1 aliphatic rings. The molecule has 0 amide bonds. The standard InChI is InChI=1S/C17H24O3/c1-4-12-8-14(15(9-12)17(19)20)16(18)13-7-10(2)5-6-11(13)3/h5-7,12,14-16,18H,4,8-9H2,1-3H3,(H,19,20). The van der Waals surface area contributed by atoms with Gasteiger partial charge in [0.2, 0.25) is 0 Å². The molecule has 0 heterocycles. The lowest BCUT2D eigenvalue weighted by Gasteiger charge is -2.24. The second-order valence-electron chi connectivity index (χ2n) is 6.16. The number of carboxylic acid groups (broad SMARTS) is 1. The van der Waals surface area contributed by atoms with Crippen molar-refractivity contribution in [2.75, 3.05) is 0 Å². The van der Waals surface area contributed by atoms with Gasteiger partial charge in [0, 0.05) is 5.92 Å². The van der Waals surface area contributed by atoms with Crippen LogP contribution in [0.1, 0.15) is 49.0 Å². The number of aliphatic hydroxyl groups excluding tert-OH is 1. The Balaban J connectivity index is 2.28. The molecular weight excluding hydrogens is 252 g/mol. The smallest absolute Gasteiger partial charge is 0.306 e. The first-order valence-corrected chi connectivity index (χ1v) is 7.42. The van der Waals surface area contributed by atoms with Crippen molar-refractivity contribution in [1.82, 2.24) is 0 Å². The van der Waals surface area contributed by atoms with Gasteiger partial charge in [-0.05, 0) is 43.7 Å². The van der Waals surface area contributed by atoms with E-state index in [4.69, 9.17) is 0 Å². The van der Waals surface area contributed by atoms with Crippen molar-refractivity contribution in [3.63, 3.8) is 0 Å². The van der Waals surface area contributed by atoms with Crippen LogP contribution in [0.2, 0.25) is 0 Å². The van der Waals surface area contributed by atoms with Crippen LogP contribution >= 0.6 is 0 Å². The molecule has 3 heteroatoms. The normalized spacial score (nSPS) is 27.5. The number of carbonyl (C=O) groups is 1. The number of aliphatic hydroxyl groups is 1. The molecule has 3 nitrogen and oxygen atoms in total. The summed E-state index contributed by atoms with van der Waals surface area (Å²) < 4.78 is 0. The fraction of sp³-hybridized carbons (Fsp3) is 0.588. The van der Waals surface area contributed by atoms with Crippen LogP contribution < -0.4 is 0 Å². The minimum atomic E-state index is -0.768. The van der Waals surface area contributed by atoms with Crippen molar-refractivity contribution < 1.29 is 15.0 Å².